The lowest BCUT2D eigenvalue weighted by Gasteiger charge is -2.51. The quantitative estimate of drug-likeness (QED) is 0.344. The topological polar surface area (TPSA) is 29.1 Å². The molecule has 0 unspecified atom stereocenters. The molecule has 1 aromatic carbocycles. The van der Waals surface area contributed by atoms with Crippen molar-refractivity contribution in [3.63, 3.8) is 0 Å². The summed E-state index contributed by atoms with van der Waals surface area (Å²) in [7, 11) is 0. The molecule has 1 N–H and O–H groups in total. The summed E-state index contributed by atoms with van der Waals surface area (Å²) in [5.74, 6) is -58.3. The Morgan fingerprint density at radius 1 is 0.484 bits per heavy atom. The number of halogens is 16. The highest BCUT2D eigenvalue weighted by molar-refractivity contribution is 6.00. The Hall–Kier alpha value is -2.43. The minimum absolute atomic E-state index is 0.170. The van der Waals surface area contributed by atoms with E-state index in [0.29, 0.717) is 0 Å². The molecule has 31 heavy (non-hydrogen) atoms. The number of amides is 1. The van der Waals surface area contributed by atoms with Crippen LogP contribution in [0.4, 0.5) is 75.9 Å². The number of carbonyl (C=O) groups is 1. The van der Waals surface area contributed by atoms with Gasteiger partial charge in [0.05, 0.1) is 0 Å². The van der Waals surface area contributed by atoms with Crippen molar-refractivity contribution < 1.29 is 75.0 Å². The number of anilines is 1. The zero-order chi connectivity index (χ0) is 24.7. The molecule has 0 saturated heterocycles. The van der Waals surface area contributed by atoms with Crippen molar-refractivity contribution in [2.45, 2.75) is 35.3 Å². The maximum Gasteiger partial charge on any atom is 0.384 e. The highest BCUT2D eigenvalue weighted by Gasteiger charge is 3.02. The molecule has 0 heterocycles. The fourth-order valence-electron chi connectivity index (χ4n) is 2.42. The van der Waals surface area contributed by atoms with Crippen molar-refractivity contribution in [1.82, 2.24) is 0 Å². The van der Waals surface area contributed by atoms with E-state index in [1.54, 1.807) is 0 Å². The number of alkyl halides is 11. The van der Waals surface area contributed by atoms with Crippen LogP contribution in [0.5, 0.6) is 0 Å². The van der Waals surface area contributed by atoms with Crippen molar-refractivity contribution in [3.05, 3.63) is 29.1 Å². The lowest BCUT2D eigenvalue weighted by molar-refractivity contribution is -0.475. The van der Waals surface area contributed by atoms with E-state index in [1.807, 2.05) is 0 Å². The molecule has 176 valence electrons. The molecule has 1 amide bonds. The van der Waals surface area contributed by atoms with Crippen molar-refractivity contribution in [2.24, 2.45) is 0 Å². The van der Waals surface area contributed by atoms with Gasteiger partial charge in [0.1, 0.15) is 5.69 Å². The van der Waals surface area contributed by atoms with Gasteiger partial charge >= 0.3 is 35.3 Å². The van der Waals surface area contributed by atoms with Crippen molar-refractivity contribution in [1.29, 1.82) is 0 Å². The number of rotatable bonds is 2. The summed E-state index contributed by atoms with van der Waals surface area (Å²) < 4.78 is 214. The van der Waals surface area contributed by atoms with E-state index in [9.17, 15) is 75.0 Å². The molecule has 18 heteroatoms. The summed E-state index contributed by atoms with van der Waals surface area (Å²) in [4.78, 5) is 11.5. The molecule has 0 spiro atoms. The van der Waals surface area contributed by atoms with Gasteiger partial charge in [-0.15, -0.1) is 0 Å². The van der Waals surface area contributed by atoms with Crippen LogP contribution in [0.15, 0.2) is 0 Å². The van der Waals surface area contributed by atoms with Crippen LogP contribution < -0.4 is 5.32 Å². The first-order valence-electron chi connectivity index (χ1n) is 6.98. The third-order valence-corrected chi connectivity index (χ3v) is 4.20. The molecule has 1 aromatic rings. The largest absolute Gasteiger partial charge is 0.384 e. The summed E-state index contributed by atoms with van der Waals surface area (Å²) in [6.07, 6.45) is 0. The molecule has 0 aromatic heterocycles. The third-order valence-electron chi connectivity index (χ3n) is 4.20. The summed E-state index contributed by atoms with van der Waals surface area (Å²) in [5, 5.41) is -0.170. The molecule has 2 nitrogen and oxygen atoms in total. The minimum atomic E-state index is -7.73. The molecule has 0 aliphatic heterocycles. The summed E-state index contributed by atoms with van der Waals surface area (Å²) in [5.41, 5.74) is -10.3. The van der Waals surface area contributed by atoms with Gasteiger partial charge in [-0.1, -0.05) is 0 Å². The Balaban J connectivity index is 2.79. The predicted molar refractivity (Wildman–Crippen MR) is 63.4 cm³/mol. The number of hydrogen-bond donors (Lipinski definition) is 1. The molecule has 1 saturated carbocycles. The zero-order valence-electron chi connectivity index (χ0n) is 13.5. The SMILES string of the molecule is O=C(Nc1c(F)c(F)c(F)c(F)c1F)C1(F)C(F)(F)C(F)(F)C(F)(F)C(F)(F)C1(F)F. The average molecular weight is 491 g/mol. The van der Waals surface area contributed by atoms with Gasteiger partial charge < -0.3 is 5.32 Å². The van der Waals surface area contributed by atoms with Crippen molar-refractivity contribution >= 4 is 11.6 Å². The van der Waals surface area contributed by atoms with Crippen LogP contribution in [0.1, 0.15) is 0 Å². The Kier molecular flexibility index (Phi) is 5.05. The van der Waals surface area contributed by atoms with Gasteiger partial charge in [-0.05, 0) is 0 Å². The second-order valence-corrected chi connectivity index (χ2v) is 5.93. The molecule has 1 aliphatic rings. The number of carbonyl (C=O) groups excluding carboxylic acids is 1. The van der Waals surface area contributed by atoms with Gasteiger partial charge in [-0.2, -0.15) is 43.9 Å². The van der Waals surface area contributed by atoms with Crippen LogP contribution in [-0.2, 0) is 4.79 Å². The van der Waals surface area contributed by atoms with E-state index in [-0.39, 0.29) is 5.32 Å². The van der Waals surface area contributed by atoms with Gasteiger partial charge in [0.25, 0.3) is 5.91 Å². The molecular weight excluding hydrogens is 490 g/mol. The Morgan fingerprint density at radius 2 is 0.742 bits per heavy atom. The Bertz CT molecular complexity index is 894. The van der Waals surface area contributed by atoms with Gasteiger partial charge in [-0.25, -0.2) is 26.3 Å². The lowest BCUT2D eigenvalue weighted by atomic mass is 9.71. The highest BCUT2D eigenvalue weighted by atomic mass is 19.4. The normalized spacial score (nSPS) is 24.5. The van der Waals surface area contributed by atoms with Crippen LogP contribution in [-0.4, -0.2) is 41.2 Å². The molecule has 0 radical (unpaired) electrons. The van der Waals surface area contributed by atoms with E-state index in [1.165, 1.54) is 0 Å². The summed E-state index contributed by atoms with van der Waals surface area (Å²) in [6.45, 7) is 0. The first kappa shape index (κ1) is 24.8. The fraction of sp³-hybridized carbons (Fsp3) is 0.462. The standard InChI is InChI=1S/C13HF16NO/c14-1-2(15)4(17)6(5(18)3(1)16)30-7(31)8(19)9(20,21)11(24,25)13(28,29)12(26,27)10(8,22)23/h(H,30,31). The van der Waals surface area contributed by atoms with Crippen molar-refractivity contribution in [3.8, 4) is 0 Å². The first-order chi connectivity index (χ1) is 13.6. The van der Waals surface area contributed by atoms with Crippen LogP contribution in [0.2, 0.25) is 0 Å². The first-order valence-corrected chi connectivity index (χ1v) is 6.98. The maximum absolute atomic E-state index is 14.4. The van der Waals surface area contributed by atoms with E-state index in [0.717, 1.165) is 0 Å². The Labute approximate surface area is 157 Å². The highest BCUT2D eigenvalue weighted by Crippen LogP contribution is 2.69. The summed E-state index contributed by atoms with van der Waals surface area (Å²) in [6, 6.07) is 0. The molecule has 2 rings (SSSR count). The van der Waals surface area contributed by atoms with Crippen molar-refractivity contribution in [2.75, 3.05) is 5.32 Å². The zero-order valence-corrected chi connectivity index (χ0v) is 13.5. The van der Waals surface area contributed by atoms with Crippen LogP contribution in [0.3, 0.4) is 0 Å². The molecule has 0 bridgehead atoms. The molecular formula is C13HF16NO. The van der Waals surface area contributed by atoms with Crippen LogP contribution in [0.25, 0.3) is 0 Å². The van der Waals surface area contributed by atoms with E-state index >= 15 is 0 Å². The number of benzene rings is 1. The summed E-state index contributed by atoms with van der Waals surface area (Å²) >= 11 is 0. The monoisotopic (exact) mass is 491 g/mol. The minimum Gasteiger partial charge on any atom is -0.318 e. The Morgan fingerprint density at radius 3 is 1.06 bits per heavy atom. The third kappa shape index (κ3) is 2.46. The number of hydrogen-bond acceptors (Lipinski definition) is 1. The smallest absolute Gasteiger partial charge is 0.318 e. The maximum atomic E-state index is 14.4. The van der Waals surface area contributed by atoms with E-state index < -0.39 is 76.0 Å². The average Bonchev–Trinajstić information content (AvgIpc) is 2.65. The fourth-order valence-corrected chi connectivity index (χ4v) is 2.42. The van der Waals surface area contributed by atoms with Gasteiger partial charge in [-0.3, -0.25) is 4.79 Å². The lowest BCUT2D eigenvalue weighted by Crippen LogP contribution is -2.86. The van der Waals surface area contributed by atoms with E-state index in [2.05, 4.69) is 0 Å². The molecule has 1 aliphatic carbocycles. The molecule has 1 fully saturated rings. The van der Waals surface area contributed by atoms with Gasteiger partial charge in [0.15, 0.2) is 23.3 Å². The number of nitrogens with one attached hydrogen (secondary N) is 1. The second kappa shape index (κ2) is 6.30. The predicted octanol–water partition coefficient (Wildman–Crippen LogP) is 5.22. The van der Waals surface area contributed by atoms with Crippen LogP contribution >= 0.6 is 0 Å². The van der Waals surface area contributed by atoms with Crippen LogP contribution in [0, 0.1) is 29.1 Å². The van der Waals surface area contributed by atoms with E-state index in [4.69, 9.17) is 0 Å². The molecule has 0 atom stereocenters. The second-order valence-electron chi connectivity index (χ2n) is 5.93. The van der Waals surface area contributed by atoms with Gasteiger partial charge in [0, 0.05) is 0 Å². The van der Waals surface area contributed by atoms with Gasteiger partial charge in [0.2, 0.25) is 5.82 Å².